The fourth-order valence-electron chi connectivity index (χ4n) is 2.37. The van der Waals surface area contributed by atoms with Crippen LogP contribution in [0.2, 0.25) is 5.28 Å². The summed E-state index contributed by atoms with van der Waals surface area (Å²) in [4.78, 5) is 20.3. The fourth-order valence-corrected chi connectivity index (χ4v) is 2.50. The van der Waals surface area contributed by atoms with Gasteiger partial charge in [0.1, 0.15) is 5.52 Å². The first kappa shape index (κ1) is 11.7. The van der Waals surface area contributed by atoms with Gasteiger partial charge in [0, 0.05) is 13.7 Å². The second-order valence-electron chi connectivity index (χ2n) is 4.43. The Bertz CT molecular complexity index is 642. The molecule has 1 aliphatic rings. The Morgan fingerprint density at radius 2 is 2.39 bits per heavy atom. The van der Waals surface area contributed by atoms with E-state index in [4.69, 9.17) is 16.3 Å². The van der Waals surface area contributed by atoms with Gasteiger partial charge in [-0.2, -0.15) is 4.98 Å². The van der Waals surface area contributed by atoms with Crippen molar-refractivity contribution in [2.24, 2.45) is 7.05 Å². The van der Waals surface area contributed by atoms with Crippen LogP contribution in [-0.2, 0) is 11.8 Å². The number of halogens is 1. The van der Waals surface area contributed by atoms with E-state index in [2.05, 4.69) is 9.97 Å². The molecule has 0 radical (unpaired) electrons. The third kappa shape index (κ3) is 1.72. The van der Waals surface area contributed by atoms with Gasteiger partial charge in [0.05, 0.1) is 18.8 Å². The van der Waals surface area contributed by atoms with Crippen LogP contribution in [0.25, 0.3) is 11.2 Å². The van der Waals surface area contributed by atoms with E-state index >= 15 is 0 Å². The summed E-state index contributed by atoms with van der Waals surface area (Å²) in [6.07, 6.45) is 3.44. The highest BCUT2D eigenvalue weighted by Gasteiger charge is 2.23. The highest BCUT2D eigenvalue weighted by Crippen LogP contribution is 2.22. The molecule has 0 aliphatic carbocycles. The standard InChI is InChI=1S/C11H13ClN4O2/c1-15-8-5-13-10(12)14-9(8)16(11(15)17)7-3-2-4-18-6-7/h5,7H,2-4,6H2,1H3/t7-/m0/s1. The number of hydrogen-bond donors (Lipinski definition) is 0. The van der Waals surface area contributed by atoms with Gasteiger partial charge in [-0.3, -0.25) is 9.13 Å². The zero-order valence-electron chi connectivity index (χ0n) is 9.97. The zero-order valence-corrected chi connectivity index (χ0v) is 10.7. The van der Waals surface area contributed by atoms with Gasteiger partial charge in [-0.15, -0.1) is 0 Å². The van der Waals surface area contributed by atoms with Crippen LogP contribution in [0.3, 0.4) is 0 Å². The van der Waals surface area contributed by atoms with Gasteiger partial charge in [-0.1, -0.05) is 0 Å². The van der Waals surface area contributed by atoms with Crippen LogP contribution in [0.1, 0.15) is 18.9 Å². The monoisotopic (exact) mass is 268 g/mol. The molecule has 0 spiro atoms. The van der Waals surface area contributed by atoms with Crippen LogP contribution >= 0.6 is 11.6 Å². The Morgan fingerprint density at radius 1 is 1.56 bits per heavy atom. The number of imidazole rings is 1. The van der Waals surface area contributed by atoms with E-state index in [1.165, 1.54) is 0 Å². The number of aromatic nitrogens is 4. The van der Waals surface area contributed by atoms with Crippen LogP contribution in [-0.4, -0.2) is 32.3 Å². The van der Waals surface area contributed by atoms with Crippen molar-refractivity contribution in [3.05, 3.63) is 22.0 Å². The topological polar surface area (TPSA) is 61.9 Å². The number of fused-ring (bicyclic) bond motifs is 1. The molecule has 1 saturated heterocycles. The number of rotatable bonds is 1. The third-order valence-corrected chi connectivity index (χ3v) is 3.49. The first-order valence-electron chi connectivity index (χ1n) is 5.85. The fraction of sp³-hybridized carbons (Fsp3) is 0.545. The predicted molar refractivity (Wildman–Crippen MR) is 66.9 cm³/mol. The minimum Gasteiger partial charge on any atom is -0.379 e. The summed E-state index contributed by atoms with van der Waals surface area (Å²) in [6, 6.07) is 0.0286. The minimum atomic E-state index is -0.0999. The van der Waals surface area contributed by atoms with E-state index in [0.29, 0.717) is 17.8 Å². The molecule has 0 saturated carbocycles. The molecule has 1 aliphatic heterocycles. The van der Waals surface area contributed by atoms with Crippen molar-refractivity contribution in [3.63, 3.8) is 0 Å². The lowest BCUT2D eigenvalue weighted by atomic mass is 10.1. The summed E-state index contributed by atoms with van der Waals surface area (Å²) >= 11 is 5.81. The van der Waals surface area contributed by atoms with Gasteiger partial charge in [-0.05, 0) is 24.4 Å². The van der Waals surface area contributed by atoms with Gasteiger partial charge in [0.2, 0.25) is 5.28 Å². The lowest BCUT2D eigenvalue weighted by molar-refractivity contribution is 0.0591. The lowest BCUT2D eigenvalue weighted by Crippen LogP contribution is -2.31. The van der Waals surface area contributed by atoms with Crippen LogP contribution in [0.4, 0.5) is 0 Å². The summed E-state index contributed by atoms with van der Waals surface area (Å²) < 4.78 is 8.65. The third-order valence-electron chi connectivity index (χ3n) is 3.30. The molecule has 0 bridgehead atoms. The van der Waals surface area contributed by atoms with Gasteiger partial charge >= 0.3 is 5.69 Å². The molecule has 3 heterocycles. The van der Waals surface area contributed by atoms with Crippen molar-refractivity contribution < 1.29 is 4.74 Å². The van der Waals surface area contributed by atoms with Crippen molar-refractivity contribution in [2.75, 3.05) is 13.2 Å². The number of hydrogen-bond acceptors (Lipinski definition) is 4. The molecule has 6 nitrogen and oxygen atoms in total. The van der Waals surface area contributed by atoms with E-state index in [0.717, 1.165) is 19.4 Å². The first-order valence-corrected chi connectivity index (χ1v) is 6.23. The molecule has 18 heavy (non-hydrogen) atoms. The largest absolute Gasteiger partial charge is 0.379 e. The van der Waals surface area contributed by atoms with Gasteiger partial charge in [0.15, 0.2) is 5.65 Å². The quantitative estimate of drug-likeness (QED) is 0.728. The number of nitrogens with zero attached hydrogens (tertiary/aromatic N) is 4. The van der Waals surface area contributed by atoms with Crippen LogP contribution < -0.4 is 5.69 Å². The molecule has 2 aromatic heterocycles. The van der Waals surface area contributed by atoms with Crippen molar-refractivity contribution in [3.8, 4) is 0 Å². The summed E-state index contributed by atoms with van der Waals surface area (Å²) in [7, 11) is 1.71. The molecular formula is C11H13ClN4O2. The average Bonchev–Trinajstić information content (AvgIpc) is 2.63. The maximum atomic E-state index is 12.3. The van der Waals surface area contributed by atoms with Crippen molar-refractivity contribution in [1.29, 1.82) is 0 Å². The second-order valence-corrected chi connectivity index (χ2v) is 4.77. The van der Waals surface area contributed by atoms with Crippen molar-refractivity contribution >= 4 is 22.8 Å². The highest BCUT2D eigenvalue weighted by atomic mass is 35.5. The van der Waals surface area contributed by atoms with Gasteiger partial charge in [0.25, 0.3) is 0 Å². The van der Waals surface area contributed by atoms with Gasteiger partial charge in [-0.25, -0.2) is 9.78 Å². The first-order chi connectivity index (χ1) is 8.68. The molecule has 96 valence electrons. The summed E-state index contributed by atoms with van der Waals surface area (Å²) in [5, 5.41) is 0.151. The zero-order chi connectivity index (χ0) is 12.7. The Kier molecular flexibility index (Phi) is 2.83. The Hall–Kier alpha value is -1.40. The van der Waals surface area contributed by atoms with Crippen molar-refractivity contribution in [1.82, 2.24) is 19.1 Å². The SMILES string of the molecule is Cn1c(=O)n([C@H]2CCCOC2)c2nc(Cl)ncc21. The Morgan fingerprint density at radius 3 is 3.11 bits per heavy atom. The van der Waals surface area contributed by atoms with Crippen LogP contribution in [0.5, 0.6) is 0 Å². The van der Waals surface area contributed by atoms with Crippen molar-refractivity contribution in [2.45, 2.75) is 18.9 Å². The summed E-state index contributed by atoms with van der Waals surface area (Å²) in [6.45, 7) is 1.30. The maximum Gasteiger partial charge on any atom is 0.330 e. The molecule has 7 heteroatoms. The molecule has 0 amide bonds. The number of aryl methyl sites for hydroxylation is 1. The molecule has 1 fully saturated rings. The highest BCUT2D eigenvalue weighted by molar-refractivity contribution is 6.28. The average molecular weight is 269 g/mol. The van der Waals surface area contributed by atoms with Gasteiger partial charge < -0.3 is 4.74 Å². The smallest absolute Gasteiger partial charge is 0.330 e. The normalized spacial score (nSPS) is 20.4. The molecule has 0 N–H and O–H groups in total. The number of ether oxygens (including phenoxy) is 1. The van der Waals surface area contributed by atoms with E-state index < -0.39 is 0 Å². The molecule has 1 atom stereocenters. The summed E-state index contributed by atoms with van der Waals surface area (Å²) in [5.41, 5.74) is 1.17. The van der Waals surface area contributed by atoms with E-state index in [1.54, 1.807) is 22.4 Å². The summed E-state index contributed by atoms with van der Waals surface area (Å²) in [5.74, 6) is 0. The molecule has 0 aromatic carbocycles. The van der Waals surface area contributed by atoms with Crippen LogP contribution in [0, 0.1) is 0 Å². The van der Waals surface area contributed by atoms with E-state index in [1.807, 2.05) is 0 Å². The Labute approximate surface area is 108 Å². The molecule has 3 rings (SSSR count). The predicted octanol–water partition coefficient (Wildman–Crippen LogP) is 1.13. The minimum absolute atomic E-state index is 0.0286. The lowest BCUT2D eigenvalue weighted by Gasteiger charge is -2.22. The van der Waals surface area contributed by atoms with E-state index in [-0.39, 0.29) is 17.0 Å². The Balaban J connectivity index is 2.23. The maximum absolute atomic E-state index is 12.3. The van der Waals surface area contributed by atoms with E-state index in [9.17, 15) is 4.79 Å². The second kappa shape index (κ2) is 4.37. The molecule has 0 unspecified atom stereocenters. The molecule has 2 aromatic rings. The molecular weight excluding hydrogens is 256 g/mol. The van der Waals surface area contributed by atoms with Crippen LogP contribution in [0.15, 0.2) is 11.0 Å².